The Kier molecular flexibility index (Phi) is 4.45. The molecule has 0 bridgehead atoms. The third kappa shape index (κ3) is 3.01. The molecule has 1 N–H and O–H groups in total. The quantitative estimate of drug-likeness (QED) is 0.769. The fourth-order valence-corrected chi connectivity index (χ4v) is 3.25. The Morgan fingerprint density at radius 2 is 1.88 bits per heavy atom. The number of nitrogens with zero attached hydrogens (tertiary/aromatic N) is 1. The zero-order valence-electron chi connectivity index (χ0n) is 11.7. The Labute approximate surface area is 106 Å². The van der Waals surface area contributed by atoms with Crippen molar-refractivity contribution in [3.63, 3.8) is 0 Å². The van der Waals surface area contributed by atoms with Crippen molar-refractivity contribution in [1.29, 1.82) is 0 Å². The molecule has 100 valence electrons. The number of hydrogen-bond donors (Lipinski definition) is 1. The first kappa shape index (κ1) is 13.3. The maximum atomic E-state index is 5.60. The van der Waals surface area contributed by atoms with Crippen molar-refractivity contribution in [3.8, 4) is 0 Å². The van der Waals surface area contributed by atoms with Gasteiger partial charge < -0.3 is 15.0 Å². The molecule has 0 aromatic heterocycles. The molecule has 3 nitrogen and oxygen atoms in total. The van der Waals surface area contributed by atoms with Crippen molar-refractivity contribution in [2.24, 2.45) is 0 Å². The van der Waals surface area contributed by atoms with Crippen LogP contribution in [0.1, 0.15) is 45.4 Å². The lowest BCUT2D eigenvalue weighted by atomic mass is 9.87. The average molecular weight is 240 g/mol. The van der Waals surface area contributed by atoms with Crippen molar-refractivity contribution >= 4 is 0 Å². The van der Waals surface area contributed by atoms with E-state index < -0.39 is 0 Å². The van der Waals surface area contributed by atoms with E-state index in [2.05, 4.69) is 31.2 Å². The van der Waals surface area contributed by atoms with E-state index in [1.54, 1.807) is 0 Å². The summed E-state index contributed by atoms with van der Waals surface area (Å²) in [4.78, 5) is 2.44. The highest BCUT2D eigenvalue weighted by molar-refractivity contribution is 4.97. The average Bonchev–Trinajstić information content (AvgIpc) is 2.71. The zero-order valence-corrected chi connectivity index (χ0v) is 11.7. The molecule has 2 fully saturated rings. The van der Waals surface area contributed by atoms with Gasteiger partial charge in [-0.05, 0) is 46.7 Å². The van der Waals surface area contributed by atoms with Gasteiger partial charge in [0.15, 0.2) is 0 Å². The Bertz CT molecular complexity index is 230. The van der Waals surface area contributed by atoms with Crippen LogP contribution in [-0.4, -0.2) is 49.8 Å². The monoisotopic (exact) mass is 240 g/mol. The molecule has 3 heteroatoms. The predicted molar refractivity (Wildman–Crippen MR) is 71.3 cm³/mol. The molecule has 0 aromatic rings. The summed E-state index contributed by atoms with van der Waals surface area (Å²) in [6.45, 7) is 4.10. The van der Waals surface area contributed by atoms with E-state index in [1.807, 2.05) is 0 Å². The highest BCUT2D eigenvalue weighted by atomic mass is 16.5. The lowest BCUT2D eigenvalue weighted by molar-refractivity contribution is -0.0132. The summed E-state index contributed by atoms with van der Waals surface area (Å²) < 4.78 is 5.60. The van der Waals surface area contributed by atoms with Gasteiger partial charge in [0.25, 0.3) is 0 Å². The van der Waals surface area contributed by atoms with Gasteiger partial charge in [0.05, 0.1) is 6.10 Å². The minimum Gasteiger partial charge on any atom is -0.378 e. The standard InChI is InChI=1S/C14H28N2O/c1-4-17-13-9-12(10-13)15-11-14(16(2)3)7-5-6-8-14/h12-13,15H,4-11H2,1-3H3. The topological polar surface area (TPSA) is 24.5 Å². The Balaban J connectivity index is 1.71. The SMILES string of the molecule is CCOC1CC(NCC2(N(C)C)CCCC2)C1. The first-order valence-corrected chi connectivity index (χ1v) is 7.19. The molecule has 2 saturated carbocycles. The van der Waals surface area contributed by atoms with Crippen LogP contribution in [0, 0.1) is 0 Å². The van der Waals surface area contributed by atoms with Crippen LogP contribution in [0.15, 0.2) is 0 Å². The van der Waals surface area contributed by atoms with Gasteiger partial charge in [-0.2, -0.15) is 0 Å². The second-order valence-corrected chi connectivity index (χ2v) is 5.95. The third-order valence-corrected chi connectivity index (χ3v) is 4.70. The van der Waals surface area contributed by atoms with Crippen LogP contribution in [0.5, 0.6) is 0 Å². The molecule has 2 aliphatic carbocycles. The maximum absolute atomic E-state index is 5.60. The fraction of sp³-hybridized carbons (Fsp3) is 1.00. The summed E-state index contributed by atoms with van der Waals surface area (Å²) in [6, 6.07) is 0.698. The highest BCUT2D eigenvalue weighted by Gasteiger charge is 2.37. The van der Waals surface area contributed by atoms with Crippen LogP contribution < -0.4 is 5.32 Å². The van der Waals surface area contributed by atoms with Crippen LogP contribution in [-0.2, 0) is 4.74 Å². The van der Waals surface area contributed by atoms with E-state index in [9.17, 15) is 0 Å². The second-order valence-electron chi connectivity index (χ2n) is 5.95. The van der Waals surface area contributed by atoms with Crippen LogP contribution in [0.4, 0.5) is 0 Å². The molecule has 0 aromatic carbocycles. The van der Waals surface area contributed by atoms with E-state index in [0.717, 1.165) is 13.2 Å². The summed E-state index contributed by atoms with van der Waals surface area (Å²) in [6.07, 6.45) is 8.44. The van der Waals surface area contributed by atoms with Crippen molar-refractivity contribution in [1.82, 2.24) is 10.2 Å². The van der Waals surface area contributed by atoms with Gasteiger partial charge >= 0.3 is 0 Å². The van der Waals surface area contributed by atoms with Crippen molar-refractivity contribution in [2.45, 2.75) is 63.1 Å². The molecule has 17 heavy (non-hydrogen) atoms. The lowest BCUT2D eigenvalue weighted by Crippen LogP contribution is -2.55. The van der Waals surface area contributed by atoms with E-state index in [1.165, 1.54) is 38.5 Å². The normalized spacial score (nSPS) is 31.8. The molecule has 0 atom stereocenters. The Hall–Kier alpha value is -0.120. The van der Waals surface area contributed by atoms with Gasteiger partial charge in [-0.15, -0.1) is 0 Å². The summed E-state index contributed by atoms with van der Waals surface area (Å²) in [5.41, 5.74) is 0.427. The van der Waals surface area contributed by atoms with Crippen molar-refractivity contribution in [3.05, 3.63) is 0 Å². The predicted octanol–water partition coefficient (Wildman–Crippen LogP) is 2.02. The third-order valence-electron chi connectivity index (χ3n) is 4.70. The minimum absolute atomic E-state index is 0.427. The van der Waals surface area contributed by atoms with E-state index >= 15 is 0 Å². The largest absolute Gasteiger partial charge is 0.378 e. The summed E-state index contributed by atoms with van der Waals surface area (Å²) in [5, 5.41) is 3.75. The molecule has 0 amide bonds. The van der Waals surface area contributed by atoms with Crippen LogP contribution in [0.2, 0.25) is 0 Å². The molecule has 0 unspecified atom stereocenters. The number of hydrogen-bond acceptors (Lipinski definition) is 3. The molecule has 0 spiro atoms. The first-order valence-electron chi connectivity index (χ1n) is 7.19. The van der Waals surface area contributed by atoms with Gasteiger partial charge in [-0.3, -0.25) is 0 Å². The van der Waals surface area contributed by atoms with E-state index in [-0.39, 0.29) is 0 Å². The van der Waals surface area contributed by atoms with Crippen LogP contribution in [0.3, 0.4) is 0 Å². The highest BCUT2D eigenvalue weighted by Crippen LogP contribution is 2.34. The molecule has 0 radical (unpaired) electrons. The van der Waals surface area contributed by atoms with Gasteiger partial charge in [0, 0.05) is 24.7 Å². The summed E-state index contributed by atoms with van der Waals surface area (Å²) in [7, 11) is 4.47. The number of ether oxygens (including phenoxy) is 1. The molecular weight excluding hydrogens is 212 g/mol. The van der Waals surface area contributed by atoms with Gasteiger partial charge in [0.2, 0.25) is 0 Å². The molecule has 2 rings (SSSR count). The number of likely N-dealkylation sites (N-methyl/N-ethyl adjacent to an activating group) is 1. The fourth-order valence-electron chi connectivity index (χ4n) is 3.25. The maximum Gasteiger partial charge on any atom is 0.0604 e. The van der Waals surface area contributed by atoms with Crippen molar-refractivity contribution in [2.75, 3.05) is 27.2 Å². The Morgan fingerprint density at radius 3 is 2.41 bits per heavy atom. The van der Waals surface area contributed by atoms with Gasteiger partial charge in [0.1, 0.15) is 0 Å². The molecule has 0 saturated heterocycles. The van der Waals surface area contributed by atoms with Crippen molar-refractivity contribution < 1.29 is 4.74 Å². The number of nitrogens with one attached hydrogen (secondary N) is 1. The summed E-state index contributed by atoms with van der Waals surface area (Å²) in [5.74, 6) is 0. The smallest absolute Gasteiger partial charge is 0.0604 e. The second kappa shape index (κ2) is 5.68. The lowest BCUT2D eigenvalue weighted by Gasteiger charge is -2.41. The van der Waals surface area contributed by atoms with E-state index in [0.29, 0.717) is 17.7 Å². The molecular formula is C14H28N2O. The van der Waals surface area contributed by atoms with E-state index in [4.69, 9.17) is 4.74 Å². The summed E-state index contributed by atoms with van der Waals surface area (Å²) >= 11 is 0. The molecule has 0 aliphatic heterocycles. The zero-order chi connectivity index (χ0) is 12.3. The minimum atomic E-state index is 0.427. The first-order chi connectivity index (χ1) is 8.16. The van der Waals surface area contributed by atoms with Gasteiger partial charge in [-0.1, -0.05) is 12.8 Å². The number of rotatable bonds is 6. The van der Waals surface area contributed by atoms with Gasteiger partial charge in [-0.25, -0.2) is 0 Å². The van der Waals surface area contributed by atoms with Crippen LogP contribution >= 0.6 is 0 Å². The molecule has 2 aliphatic rings. The van der Waals surface area contributed by atoms with Crippen LogP contribution in [0.25, 0.3) is 0 Å². The Morgan fingerprint density at radius 1 is 1.24 bits per heavy atom. The molecule has 0 heterocycles.